The Morgan fingerprint density at radius 2 is 1.62 bits per heavy atom. The van der Waals surface area contributed by atoms with Gasteiger partial charge in [-0.05, 0) is 62.8 Å². The molecule has 1 aromatic carbocycles. The van der Waals surface area contributed by atoms with E-state index in [9.17, 15) is 9.59 Å². The Bertz CT molecular complexity index is 854. The summed E-state index contributed by atoms with van der Waals surface area (Å²) in [6, 6.07) is 10.3. The number of nitrogens with zero attached hydrogens (tertiary/aromatic N) is 5. The average molecular weight is 438 g/mol. The van der Waals surface area contributed by atoms with Gasteiger partial charge in [-0.2, -0.15) is 5.10 Å². The average Bonchev–Trinajstić information content (AvgIpc) is 3.38. The lowest BCUT2D eigenvalue weighted by Crippen LogP contribution is -2.42. The second-order valence-electron chi connectivity index (χ2n) is 9.37. The minimum atomic E-state index is -0.319. The molecule has 7 nitrogen and oxygen atoms in total. The summed E-state index contributed by atoms with van der Waals surface area (Å²) in [5.74, 6) is 1.62. The Morgan fingerprint density at radius 3 is 2.28 bits per heavy atom. The molecular weight excluding hydrogens is 402 g/mol. The molecule has 0 N–H and O–H groups in total. The van der Waals surface area contributed by atoms with E-state index in [1.165, 1.54) is 11.9 Å². The fourth-order valence-electron chi connectivity index (χ4n) is 5.06. The van der Waals surface area contributed by atoms with Crippen LogP contribution in [0.5, 0.6) is 0 Å². The molecule has 7 heteroatoms. The van der Waals surface area contributed by atoms with Crippen molar-refractivity contribution in [1.82, 2.24) is 24.6 Å². The molecule has 32 heavy (non-hydrogen) atoms. The second kappa shape index (κ2) is 10.7. The van der Waals surface area contributed by atoms with Crippen molar-refractivity contribution in [2.75, 3.05) is 26.2 Å². The summed E-state index contributed by atoms with van der Waals surface area (Å²) in [5.41, 5.74) is 1.40. The number of aromatic nitrogens is 3. The Hall–Kier alpha value is -2.70. The summed E-state index contributed by atoms with van der Waals surface area (Å²) in [4.78, 5) is 33.4. The topological polar surface area (TPSA) is 71.3 Å². The predicted molar refractivity (Wildman–Crippen MR) is 123 cm³/mol. The van der Waals surface area contributed by atoms with Crippen molar-refractivity contribution >= 4 is 11.8 Å². The van der Waals surface area contributed by atoms with E-state index in [0.29, 0.717) is 24.2 Å². The van der Waals surface area contributed by atoms with Crippen LogP contribution in [0, 0.1) is 11.8 Å². The van der Waals surface area contributed by atoms with Crippen molar-refractivity contribution in [3.05, 3.63) is 48.5 Å². The molecule has 2 saturated heterocycles. The van der Waals surface area contributed by atoms with E-state index in [1.54, 1.807) is 11.0 Å². The van der Waals surface area contributed by atoms with Crippen LogP contribution in [0.4, 0.5) is 0 Å². The molecule has 2 aliphatic rings. The van der Waals surface area contributed by atoms with Crippen LogP contribution in [0.25, 0.3) is 0 Å². The van der Waals surface area contributed by atoms with Crippen LogP contribution in [-0.2, 0) is 16.0 Å². The van der Waals surface area contributed by atoms with Gasteiger partial charge in [-0.3, -0.25) is 9.59 Å². The monoisotopic (exact) mass is 437 g/mol. The first kappa shape index (κ1) is 22.5. The first-order chi connectivity index (χ1) is 15.6. The molecule has 2 fully saturated rings. The van der Waals surface area contributed by atoms with Gasteiger partial charge in [-0.25, -0.2) is 9.67 Å². The first-order valence-electron chi connectivity index (χ1n) is 12.0. The van der Waals surface area contributed by atoms with Crippen LogP contribution in [-0.4, -0.2) is 62.6 Å². The van der Waals surface area contributed by atoms with Gasteiger partial charge in [0, 0.05) is 32.6 Å². The van der Waals surface area contributed by atoms with Crippen molar-refractivity contribution < 1.29 is 9.59 Å². The molecule has 0 aliphatic carbocycles. The summed E-state index contributed by atoms with van der Waals surface area (Å²) in [5, 5.41) is 4.08. The Balaban J connectivity index is 1.14. The molecule has 0 unspecified atom stereocenters. The van der Waals surface area contributed by atoms with E-state index < -0.39 is 0 Å². The normalized spacial score (nSPS) is 19.2. The van der Waals surface area contributed by atoms with Crippen molar-refractivity contribution in [2.45, 2.75) is 57.9 Å². The molecule has 3 heterocycles. The lowest BCUT2D eigenvalue weighted by Gasteiger charge is -2.35. The zero-order valence-electron chi connectivity index (χ0n) is 19.1. The van der Waals surface area contributed by atoms with Crippen LogP contribution in [0.2, 0.25) is 0 Å². The van der Waals surface area contributed by atoms with Gasteiger partial charge in [0.2, 0.25) is 11.8 Å². The standard InChI is InChI=1S/C25H35N5O2/c1-20(30-19-26-18-27-30)25(32)29-15-9-21(10-16-29)7-8-24(31)28-13-11-23(12-14-28)17-22-5-3-2-4-6-22/h2-6,18-21,23H,7-17H2,1H3/t20-/m0/s1. The molecule has 4 rings (SSSR count). The maximum atomic E-state index is 12.7. The van der Waals surface area contributed by atoms with Crippen molar-refractivity contribution in [1.29, 1.82) is 0 Å². The minimum Gasteiger partial charge on any atom is -0.343 e. The van der Waals surface area contributed by atoms with Gasteiger partial charge < -0.3 is 9.80 Å². The van der Waals surface area contributed by atoms with E-state index in [0.717, 1.165) is 64.7 Å². The van der Waals surface area contributed by atoms with Crippen LogP contribution in [0.3, 0.4) is 0 Å². The highest BCUT2D eigenvalue weighted by Crippen LogP contribution is 2.26. The Labute approximate surface area is 190 Å². The van der Waals surface area contributed by atoms with Crippen LogP contribution in [0.1, 0.15) is 57.1 Å². The molecule has 0 saturated carbocycles. The van der Waals surface area contributed by atoms with Gasteiger partial charge in [0.05, 0.1) is 0 Å². The molecular formula is C25H35N5O2. The van der Waals surface area contributed by atoms with Crippen molar-refractivity contribution in [3.8, 4) is 0 Å². The summed E-state index contributed by atoms with van der Waals surface area (Å²) in [6.07, 6.45) is 9.89. The van der Waals surface area contributed by atoms with Crippen LogP contribution >= 0.6 is 0 Å². The quantitative estimate of drug-likeness (QED) is 0.666. The third-order valence-electron chi connectivity index (χ3n) is 7.22. The lowest BCUT2D eigenvalue weighted by molar-refractivity contribution is -0.137. The minimum absolute atomic E-state index is 0.100. The third kappa shape index (κ3) is 5.75. The predicted octanol–water partition coefficient (Wildman–Crippen LogP) is 3.34. The van der Waals surface area contributed by atoms with Gasteiger partial charge in [0.25, 0.3) is 0 Å². The Morgan fingerprint density at radius 1 is 0.969 bits per heavy atom. The number of carbonyl (C=O) groups excluding carboxylic acids is 2. The van der Waals surface area contributed by atoms with Crippen LogP contribution in [0.15, 0.2) is 43.0 Å². The maximum Gasteiger partial charge on any atom is 0.247 e. The highest BCUT2D eigenvalue weighted by molar-refractivity contribution is 5.80. The third-order valence-corrected chi connectivity index (χ3v) is 7.22. The number of piperidine rings is 2. The summed E-state index contributed by atoms with van der Waals surface area (Å²) in [6.45, 7) is 5.18. The zero-order chi connectivity index (χ0) is 22.3. The summed E-state index contributed by atoms with van der Waals surface area (Å²) in [7, 11) is 0. The van der Waals surface area contributed by atoms with Gasteiger partial charge in [-0.1, -0.05) is 30.3 Å². The molecule has 172 valence electrons. The lowest BCUT2D eigenvalue weighted by atomic mass is 9.89. The number of hydrogen-bond acceptors (Lipinski definition) is 4. The molecule has 0 bridgehead atoms. The number of rotatable bonds is 7. The molecule has 2 amide bonds. The van der Waals surface area contributed by atoms with Crippen molar-refractivity contribution in [2.24, 2.45) is 11.8 Å². The number of benzene rings is 1. The molecule has 2 aromatic rings. The number of hydrogen-bond donors (Lipinski definition) is 0. The summed E-state index contributed by atoms with van der Waals surface area (Å²) >= 11 is 0. The van der Waals surface area contributed by atoms with Gasteiger partial charge in [-0.15, -0.1) is 0 Å². The van der Waals surface area contributed by atoms with E-state index in [-0.39, 0.29) is 11.9 Å². The van der Waals surface area contributed by atoms with E-state index in [2.05, 4.69) is 45.3 Å². The number of carbonyl (C=O) groups is 2. The fourth-order valence-corrected chi connectivity index (χ4v) is 5.06. The smallest absolute Gasteiger partial charge is 0.247 e. The second-order valence-corrected chi connectivity index (χ2v) is 9.37. The van der Waals surface area contributed by atoms with E-state index in [4.69, 9.17) is 0 Å². The van der Waals surface area contributed by atoms with Gasteiger partial charge in [0.15, 0.2) is 0 Å². The van der Waals surface area contributed by atoms with E-state index >= 15 is 0 Å². The van der Waals surface area contributed by atoms with Gasteiger partial charge >= 0.3 is 0 Å². The highest BCUT2D eigenvalue weighted by Gasteiger charge is 2.28. The van der Waals surface area contributed by atoms with Gasteiger partial charge in [0.1, 0.15) is 18.7 Å². The maximum absolute atomic E-state index is 12.7. The first-order valence-corrected chi connectivity index (χ1v) is 12.0. The SMILES string of the molecule is C[C@@H](C(=O)N1CCC(CCC(=O)N2CCC(Cc3ccccc3)CC2)CC1)n1cncn1. The molecule has 2 aliphatic heterocycles. The fraction of sp³-hybridized carbons (Fsp3) is 0.600. The van der Waals surface area contributed by atoms with Crippen molar-refractivity contribution in [3.63, 3.8) is 0 Å². The number of amides is 2. The molecule has 0 spiro atoms. The largest absolute Gasteiger partial charge is 0.343 e. The summed E-state index contributed by atoms with van der Waals surface area (Å²) < 4.78 is 1.61. The molecule has 1 atom stereocenters. The number of likely N-dealkylation sites (tertiary alicyclic amines) is 2. The van der Waals surface area contributed by atoms with E-state index in [1.807, 2.05) is 11.8 Å². The highest BCUT2D eigenvalue weighted by atomic mass is 16.2. The zero-order valence-corrected chi connectivity index (χ0v) is 19.1. The van der Waals surface area contributed by atoms with Crippen LogP contribution < -0.4 is 0 Å². The molecule has 0 radical (unpaired) electrons. The Kier molecular flexibility index (Phi) is 7.55. The molecule has 1 aromatic heterocycles.